The number of hydrogen-bond donors (Lipinski definition) is 2. The standard InChI is InChI=1S/C10H11NO3S/c12-9-5-7(10(13)14)8(11-9)4-6-2-1-3-15-6/h1-3,7-8H,4-5H2,(H,11,12)(H,13,14). The predicted octanol–water partition coefficient (Wildman–Crippen LogP) is 0.880. The molecule has 4 nitrogen and oxygen atoms in total. The highest BCUT2D eigenvalue weighted by Gasteiger charge is 2.37. The summed E-state index contributed by atoms with van der Waals surface area (Å²) < 4.78 is 0. The van der Waals surface area contributed by atoms with E-state index in [9.17, 15) is 9.59 Å². The molecule has 0 radical (unpaired) electrons. The normalized spacial score (nSPS) is 25.2. The van der Waals surface area contributed by atoms with Gasteiger partial charge in [-0.05, 0) is 11.4 Å². The molecular weight excluding hydrogens is 214 g/mol. The molecule has 0 aliphatic carbocycles. The maximum Gasteiger partial charge on any atom is 0.309 e. The topological polar surface area (TPSA) is 66.4 Å². The summed E-state index contributed by atoms with van der Waals surface area (Å²) in [5, 5.41) is 13.6. The minimum Gasteiger partial charge on any atom is -0.481 e. The van der Waals surface area contributed by atoms with Crippen molar-refractivity contribution in [2.24, 2.45) is 5.92 Å². The van der Waals surface area contributed by atoms with Gasteiger partial charge in [0.15, 0.2) is 0 Å². The lowest BCUT2D eigenvalue weighted by atomic mass is 9.98. The lowest BCUT2D eigenvalue weighted by molar-refractivity contribution is -0.142. The maximum absolute atomic E-state index is 11.1. The first kappa shape index (κ1) is 10.2. The molecule has 2 atom stereocenters. The summed E-state index contributed by atoms with van der Waals surface area (Å²) in [6.07, 6.45) is 0.714. The third kappa shape index (κ3) is 2.18. The van der Waals surface area contributed by atoms with Gasteiger partial charge in [0.2, 0.25) is 5.91 Å². The smallest absolute Gasteiger partial charge is 0.309 e. The first-order valence-electron chi connectivity index (χ1n) is 4.71. The summed E-state index contributed by atoms with van der Waals surface area (Å²) in [6, 6.07) is 3.62. The fourth-order valence-electron chi connectivity index (χ4n) is 1.81. The van der Waals surface area contributed by atoms with Crippen LogP contribution in [0.15, 0.2) is 17.5 Å². The van der Waals surface area contributed by atoms with Crippen LogP contribution in [0.1, 0.15) is 11.3 Å². The van der Waals surface area contributed by atoms with Crippen molar-refractivity contribution >= 4 is 23.2 Å². The molecule has 1 aliphatic heterocycles. The molecule has 0 aromatic carbocycles. The number of nitrogens with one attached hydrogen (secondary N) is 1. The van der Waals surface area contributed by atoms with E-state index in [0.29, 0.717) is 6.42 Å². The van der Waals surface area contributed by atoms with Crippen LogP contribution in [0.4, 0.5) is 0 Å². The zero-order chi connectivity index (χ0) is 10.8. The minimum atomic E-state index is -0.894. The molecule has 0 spiro atoms. The van der Waals surface area contributed by atoms with Crippen LogP contribution in [0.3, 0.4) is 0 Å². The first-order valence-corrected chi connectivity index (χ1v) is 5.59. The number of thiophene rings is 1. The van der Waals surface area contributed by atoms with Crippen molar-refractivity contribution in [1.29, 1.82) is 0 Å². The van der Waals surface area contributed by atoms with Crippen LogP contribution in [0, 0.1) is 5.92 Å². The molecule has 2 N–H and O–H groups in total. The highest BCUT2D eigenvalue weighted by Crippen LogP contribution is 2.22. The van der Waals surface area contributed by atoms with Crippen molar-refractivity contribution < 1.29 is 14.7 Å². The van der Waals surface area contributed by atoms with Gasteiger partial charge in [0.25, 0.3) is 0 Å². The number of carbonyl (C=O) groups is 2. The lowest BCUT2D eigenvalue weighted by Gasteiger charge is -2.13. The molecule has 1 aliphatic rings. The Morgan fingerprint density at radius 3 is 3.07 bits per heavy atom. The van der Waals surface area contributed by atoms with E-state index < -0.39 is 11.9 Å². The molecular formula is C10H11NO3S. The van der Waals surface area contributed by atoms with Crippen molar-refractivity contribution in [2.75, 3.05) is 0 Å². The molecule has 2 rings (SSSR count). The summed E-state index contributed by atoms with van der Waals surface area (Å²) in [6.45, 7) is 0. The minimum absolute atomic E-state index is 0.103. The summed E-state index contributed by atoms with van der Waals surface area (Å²) in [5.41, 5.74) is 0. The SMILES string of the molecule is O=C1CC(C(=O)O)C(Cc2cccs2)N1. The van der Waals surface area contributed by atoms with E-state index >= 15 is 0 Å². The largest absolute Gasteiger partial charge is 0.481 e. The Hall–Kier alpha value is -1.36. The van der Waals surface area contributed by atoms with Crippen LogP contribution >= 0.6 is 11.3 Å². The Bertz CT molecular complexity index is 374. The van der Waals surface area contributed by atoms with Gasteiger partial charge < -0.3 is 10.4 Å². The van der Waals surface area contributed by atoms with Gasteiger partial charge in [-0.25, -0.2) is 0 Å². The number of rotatable bonds is 3. The van der Waals surface area contributed by atoms with E-state index in [4.69, 9.17) is 5.11 Å². The van der Waals surface area contributed by atoms with Crippen LogP contribution in [-0.2, 0) is 16.0 Å². The highest BCUT2D eigenvalue weighted by molar-refractivity contribution is 7.09. The van der Waals surface area contributed by atoms with Gasteiger partial charge in [-0.3, -0.25) is 9.59 Å². The van der Waals surface area contributed by atoms with Crippen molar-refractivity contribution in [2.45, 2.75) is 18.9 Å². The highest BCUT2D eigenvalue weighted by atomic mass is 32.1. The number of amides is 1. The van der Waals surface area contributed by atoms with Crippen LogP contribution in [0.25, 0.3) is 0 Å². The molecule has 1 amide bonds. The average Bonchev–Trinajstić information content (AvgIpc) is 2.75. The molecule has 5 heteroatoms. The molecule has 1 saturated heterocycles. The predicted molar refractivity (Wildman–Crippen MR) is 55.7 cm³/mol. The molecule has 2 unspecified atom stereocenters. The van der Waals surface area contributed by atoms with Crippen LogP contribution in [-0.4, -0.2) is 23.0 Å². The third-order valence-corrected chi connectivity index (χ3v) is 3.45. The second kappa shape index (κ2) is 4.02. The number of aliphatic carboxylic acids is 1. The van der Waals surface area contributed by atoms with Crippen molar-refractivity contribution in [1.82, 2.24) is 5.32 Å². The molecule has 1 aromatic heterocycles. The zero-order valence-corrected chi connectivity index (χ0v) is 8.79. The molecule has 80 valence electrons. The van der Waals surface area contributed by atoms with E-state index in [0.717, 1.165) is 4.88 Å². The van der Waals surface area contributed by atoms with Crippen molar-refractivity contribution in [3.63, 3.8) is 0 Å². The Balaban J connectivity index is 2.07. The number of carboxylic acids is 1. The Morgan fingerprint density at radius 1 is 1.67 bits per heavy atom. The first-order chi connectivity index (χ1) is 7.16. The van der Waals surface area contributed by atoms with E-state index in [1.54, 1.807) is 11.3 Å². The van der Waals surface area contributed by atoms with Gasteiger partial charge in [-0.15, -0.1) is 11.3 Å². The fraction of sp³-hybridized carbons (Fsp3) is 0.400. The molecule has 0 saturated carbocycles. The van der Waals surface area contributed by atoms with Gasteiger partial charge >= 0.3 is 5.97 Å². The van der Waals surface area contributed by atoms with Gasteiger partial charge in [0.05, 0.1) is 5.92 Å². The fourth-order valence-corrected chi connectivity index (χ4v) is 2.57. The van der Waals surface area contributed by atoms with E-state index in [1.165, 1.54) is 0 Å². The monoisotopic (exact) mass is 225 g/mol. The van der Waals surface area contributed by atoms with Gasteiger partial charge in [0.1, 0.15) is 0 Å². The van der Waals surface area contributed by atoms with Gasteiger partial charge in [-0.2, -0.15) is 0 Å². The quantitative estimate of drug-likeness (QED) is 0.802. The van der Waals surface area contributed by atoms with E-state index in [-0.39, 0.29) is 18.4 Å². The van der Waals surface area contributed by atoms with Gasteiger partial charge in [0, 0.05) is 23.8 Å². The Morgan fingerprint density at radius 2 is 2.47 bits per heavy atom. The zero-order valence-electron chi connectivity index (χ0n) is 7.97. The lowest BCUT2D eigenvalue weighted by Crippen LogP contribution is -2.34. The van der Waals surface area contributed by atoms with Crippen LogP contribution in [0.5, 0.6) is 0 Å². The van der Waals surface area contributed by atoms with Crippen molar-refractivity contribution in [3.8, 4) is 0 Å². The second-order valence-electron chi connectivity index (χ2n) is 3.61. The van der Waals surface area contributed by atoms with E-state index in [1.807, 2.05) is 17.5 Å². The maximum atomic E-state index is 11.1. The summed E-state index contributed by atoms with van der Waals surface area (Å²) in [5.74, 6) is -1.64. The molecule has 2 heterocycles. The molecule has 1 fully saturated rings. The summed E-state index contributed by atoms with van der Waals surface area (Å²) in [4.78, 5) is 23.1. The third-order valence-electron chi connectivity index (χ3n) is 2.56. The number of hydrogen-bond acceptors (Lipinski definition) is 3. The average molecular weight is 225 g/mol. The number of carbonyl (C=O) groups excluding carboxylic acids is 1. The Labute approximate surface area is 90.9 Å². The Kier molecular flexibility index (Phi) is 2.73. The van der Waals surface area contributed by atoms with E-state index in [2.05, 4.69) is 5.32 Å². The number of carboxylic acid groups (broad SMARTS) is 1. The van der Waals surface area contributed by atoms with Crippen molar-refractivity contribution in [3.05, 3.63) is 22.4 Å². The summed E-state index contributed by atoms with van der Waals surface area (Å²) >= 11 is 1.58. The van der Waals surface area contributed by atoms with Crippen LogP contribution < -0.4 is 5.32 Å². The van der Waals surface area contributed by atoms with Crippen LogP contribution in [0.2, 0.25) is 0 Å². The second-order valence-corrected chi connectivity index (χ2v) is 4.64. The molecule has 0 bridgehead atoms. The molecule has 15 heavy (non-hydrogen) atoms. The van der Waals surface area contributed by atoms with Gasteiger partial charge in [-0.1, -0.05) is 6.07 Å². The molecule has 1 aromatic rings. The summed E-state index contributed by atoms with van der Waals surface area (Å²) in [7, 11) is 0.